The zero-order chi connectivity index (χ0) is 20.1. The highest BCUT2D eigenvalue weighted by Crippen LogP contribution is 2.35. The smallest absolute Gasteiger partial charge is 0.334 e. The molecular formula is C22H30O5. The second-order valence-corrected chi connectivity index (χ2v) is 7.66. The van der Waals surface area contributed by atoms with Crippen molar-refractivity contribution in [3.63, 3.8) is 0 Å². The number of hydrogen-bond donors (Lipinski definition) is 1. The molecule has 0 spiro atoms. The van der Waals surface area contributed by atoms with Crippen molar-refractivity contribution in [2.24, 2.45) is 5.92 Å². The summed E-state index contributed by atoms with van der Waals surface area (Å²) in [5.41, 5.74) is 3.45. The van der Waals surface area contributed by atoms with E-state index in [1.54, 1.807) is 0 Å². The third-order valence-corrected chi connectivity index (χ3v) is 4.99. The van der Waals surface area contributed by atoms with Crippen LogP contribution < -0.4 is 0 Å². The number of aliphatic hydroxyl groups is 1. The Balaban J connectivity index is 2.43. The molecule has 0 bridgehead atoms. The average molecular weight is 374 g/mol. The number of carbonyl (C=O) groups excluding carboxylic acids is 2. The van der Waals surface area contributed by atoms with E-state index in [0.29, 0.717) is 18.4 Å². The quantitative estimate of drug-likeness (QED) is 0.429. The molecule has 0 aromatic carbocycles. The predicted molar refractivity (Wildman–Crippen MR) is 104 cm³/mol. The van der Waals surface area contributed by atoms with E-state index in [-0.39, 0.29) is 0 Å². The maximum Gasteiger partial charge on any atom is 0.334 e. The Kier molecular flexibility index (Phi) is 7.19. The van der Waals surface area contributed by atoms with Gasteiger partial charge in [-0.1, -0.05) is 35.5 Å². The van der Waals surface area contributed by atoms with Gasteiger partial charge in [-0.05, 0) is 46.1 Å². The second kappa shape index (κ2) is 9.18. The molecule has 0 amide bonds. The van der Waals surface area contributed by atoms with Gasteiger partial charge < -0.3 is 14.6 Å². The van der Waals surface area contributed by atoms with Crippen LogP contribution in [0.3, 0.4) is 0 Å². The van der Waals surface area contributed by atoms with Gasteiger partial charge in [-0.2, -0.15) is 0 Å². The lowest BCUT2D eigenvalue weighted by atomic mass is 9.86. The fraction of sp³-hybridized carbons (Fsp3) is 0.545. The van der Waals surface area contributed by atoms with Gasteiger partial charge >= 0.3 is 11.9 Å². The number of ether oxygens (including phenoxy) is 2. The molecule has 0 radical (unpaired) electrons. The standard InChI is InChI=1S/C22H30O5/c1-13-7-6-8-14(2)11-19(26-17(5)23)21-16(4)22(25)27-20(21)12-15(3)10-18(24)9-13/h8-9,12,18-21,24H,4,6-7,10-11H2,1-3,5H3/b13-9+,14-8+,15-12+/t18-,19+,20+,21+/m1/s1. The molecule has 1 aliphatic heterocycles. The SMILES string of the molecule is C=C1C(=O)O[C@H]2/C=C(\C)C[C@H](O)/C=C(\C)CC/C=C(\C)C[C@H](OC(C)=O)[C@H]12. The molecule has 0 aromatic rings. The van der Waals surface area contributed by atoms with E-state index in [1.165, 1.54) is 6.92 Å². The van der Waals surface area contributed by atoms with Gasteiger partial charge in [-0.15, -0.1) is 0 Å². The van der Waals surface area contributed by atoms with Crippen LogP contribution in [0.25, 0.3) is 0 Å². The molecule has 0 unspecified atom stereocenters. The van der Waals surface area contributed by atoms with Crippen molar-refractivity contribution in [2.45, 2.75) is 71.7 Å². The van der Waals surface area contributed by atoms with Gasteiger partial charge in [0.05, 0.1) is 12.0 Å². The van der Waals surface area contributed by atoms with Crippen LogP contribution in [0.15, 0.2) is 47.1 Å². The number of hydrogen-bond acceptors (Lipinski definition) is 5. The fourth-order valence-electron chi connectivity index (χ4n) is 3.73. The Labute approximate surface area is 161 Å². The fourth-order valence-corrected chi connectivity index (χ4v) is 3.73. The molecule has 0 saturated carbocycles. The van der Waals surface area contributed by atoms with Gasteiger partial charge in [0.1, 0.15) is 12.2 Å². The second-order valence-electron chi connectivity index (χ2n) is 7.66. The highest BCUT2D eigenvalue weighted by Gasteiger charge is 2.44. The molecular weight excluding hydrogens is 344 g/mol. The Hall–Kier alpha value is -2.14. The molecule has 1 fully saturated rings. The van der Waals surface area contributed by atoms with Crippen LogP contribution in [0.5, 0.6) is 0 Å². The molecule has 5 heteroatoms. The van der Waals surface area contributed by atoms with Gasteiger partial charge in [-0.25, -0.2) is 4.79 Å². The summed E-state index contributed by atoms with van der Waals surface area (Å²) in [5.74, 6) is -1.29. The number of aliphatic hydroxyl groups excluding tert-OH is 1. The van der Waals surface area contributed by atoms with Crippen molar-refractivity contribution in [1.29, 1.82) is 0 Å². The maximum absolute atomic E-state index is 12.1. The summed E-state index contributed by atoms with van der Waals surface area (Å²) >= 11 is 0. The third kappa shape index (κ3) is 5.93. The van der Waals surface area contributed by atoms with E-state index < -0.39 is 36.2 Å². The molecule has 27 heavy (non-hydrogen) atoms. The topological polar surface area (TPSA) is 72.8 Å². The van der Waals surface area contributed by atoms with E-state index >= 15 is 0 Å². The molecule has 2 aliphatic rings. The summed E-state index contributed by atoms with van der Waals surface area (Å²) in [7, 11) is 0. The zero-order valence-corrected chi connectivity index (χ0v) is 16.7. The number of rotatable bonds is 1. The van der Waals surface area contributed by atoms with Crippen LogP contribution in [0.4, 0.5) is 0 Å². The van der Waals surface area contributed by atoms with Crippen LogP contribution in [0.1, 0.15) is 53.4 Å². The first-order valence-electron chi connectivity index (χ1n) is 9.42. The maximum atomic E-state index is 12.1. The van der Waals surface area contributed by atoms with Crippen LogP contribution in [-0.2, 0) is 19.1 Å². The number of fused-ring (bicyclic) bond motifs is 1. The minimum absolute atomic E-state index is 0.325. The molecule has 5 nitrogen and oxygen atoms in total. The molecule has 148 valence electrons. The average Bonchev–Trinajstić information content (AvgIpc) is 2.79. The van der Waals surface area contributed by atoms with Gasteiger partial charge in [0.15, 0.2) is 0 Å². The Morgan fingerprint density at radius 1 is 1.19 bits per heavy atom. The Morgan fingerprint density at radius 2 is 1.89 bits per heavy atom. The molecule has 0 aromatic heterocycles. The van der Waals surface area contributed by atoms with Crippen molar-refractivity contribution >= 4 is 11.9 Å². The Bertz CT molecular complexity index is 697. The zero-order valence-electron chi connectivity index (χ0n) is 16.7. The highest BCUT2D eigenvalue weighted by atomic mass is 16.6. The number of esters is 2. The first-order chi connectivity index (χ1) is 12.7. The molecule has 1 aliphatic carbocycles. The lowest BCUT2D eigenvalue weighted by Crippen LogP contribution is -2.32. The van der Waals surface area contributed by atoms with E-state index in [9.17, 15) is 14.7 Å². The summed E-state index contributed by atoms with van der Waals surface area (Å²) in [4.78, 5) is 23.8. The first-order valence-corrected chi connectivity index (χ1v) is 9.42. The van der Waals surface area contributed by atoms with Crippen molar-refractivity contribution in [3.8, 4) is 0 Å². The summed E-state index contributed by atoms with van der Waals surface area (Å²) in [6.07, 6.45) is 6.85. The van der Waals surface area contributed by atoms with Gasteiger partial charge in [0.25, 0.3) is 0 Å². The summed E-state index contributed by atoms with van der Waals surface area (Å²) in [6, 6.07) is 0. The van der Waals surface area contributed by atoms with E-state index in [2.05, 4.69) is 12.7 Å². The lowest BCUT2D eigenvalue weighted by Gasteiger charge is -2.26. The van der Waals surface area contributed by atoms with Crippen LogP contribution in [0, 0.1) is 5.92 Å². The van der Waals surface area contributed by atoms with Crippen LogP contribution >= 0.6 is 0 Å². The molecule has 1 saturated heterocycles. The summed E-state index contributed by atoms with van der Waals surface area (Å²) in [5, 5.41) is 10.3. The summed E-state index contributed by atoms with van der Waals surface area (Å²) < 4.78 is 11.1. The molecule has 4 atom stereocenters. The number of carbonyl (C=O) groups is 2. The monoisotopic (exact) mass is 374 g/mol. The molecule has 1 N–H and O–H groups in total. The third-order valence-electron chi connectivity index (χ3n) is 4.99. The van der Waals surface area contributed by atoms with E-state index in [0.717, 1.165) is 29.6 Å². The number of allylic oxidation sites excluding steroid dienone is 2. The predicted octanol–water partition coefficient (Wildman–Crippen LogP) is 3.79. The molecule has 2 rings (SSSR count). The van der Waals surface area contributed by atoms with Crippen LogP contribution in [0.2, 0.25) is 0 Å². The first kappa shape index (κ1) is 21.2. The van der Waals surface area contributed by atoms with Crippen molar-refractivity contribution in [1.82, 2.24) is 0 Å². The largest absolute Gasteiger partial charge is 0.461 e. The van der Waals surface area contributed by atoms with E-state index in [1.807, 2.05) is 32.9 Å². The summed E-state index contributed by atoms with van der Waals surface area (Å²) in [6.45, 7) is 11.2. The minimum Gasteiger partial charge on any atom is -0.461 e. The van der Waals surface area contributed by atoms with Gasteiger partial charge in [0, 0.05) is 18.9 Å². The normalized spacial score (nSPS) is 36.1. The Morgan fingerprint density at radius 3 is 2.56 bits per heavy atom. The van der Waals surface area contributed by atoms with Crippen molar-refractivity contribution in [2.75, 3.05) is 0 Å². The van der Waals surface area contributed by atoms with Crippen molar-refractivity contribution in [3.05, 3.63) is 47.1 Å². The van der Waals surface area contributed by atoms with Gasteiger partial charge in [-0.3, -0.25) is 4.79 Å². The van der Waals surface area contributed by atoms with E-state index in [4.69, 9.17) is 9.47 Å². The minimum atomic E-state index is -0.586. The molecule has 1 heterocycles. The highest BCUT2D eigenvalue weighted by molar-refractivity contribution is 5.91. The lowest BCUT2D eigenvalue weighted by molar-refractivity contribution is -0.149. The van der Waals surface area contributed by atoms with Gasteiger partial charge in [0.2, 0.25) is 0 Å². The van der Waals surface area contributed by atoms with Crippen LogP contribution in [-0.4, -0.2) is 35.4 Å². The van der Waals surface area contributed by atoms with Crippen molar-refractivity contribution < 1.29 is 24.2 Å².